The molecule has 3 heterocycles. The maximum atomic E-state index is 12.3. The van der Waals surface area contributed by atoms with E-state index >= 15 is 0 Å². The number of nitrogens with zero attached hydrogens (tertiary/aromatic N) is 1. The van der Waals surface area contributed by atoms with Gasteiger partial charge in [-0.15, -0.1) is 11.3 Å². The maximum Gasteiger partial charge on any atom is 0.346 e. The summed E-state index contributed by atoms with van der Waals surface area (Å²) in [5, 5.41) is 4.66. The minimum Gasteiger partial charge on any atom is -0.454 e. The molecular weight excluding hydrogens is 342 g/mol. The van der Waals surface area contributed by atoms with Crippen LogP contribution in [0, 0.1) is 0 Å². The summed E-state index contributed by atoms with van der Waals surface area (Å²) in [4.78, 5) is 31.3. The zero-order valence-electron chi connectivity index (χ0n) is 12.9. The van der Waals surface area contributed by atoms with Gasteiger partial charge in [0.15, 0.2) is 11.5 Å². The second-order valence-electron chi connectivity index (χ2n) is 5.33. The lowest BCUT2D eigenvalue weighted by Crippen LogP contribution is -2.27. The number of hydrogen-bond donors (Lipinski definition) is 2. The number of aromatic nitrogens is 2. The molecule has 0 fully saturated rings. The van der Waals surface area contributed by atoms with Gasteiger partial charge >= 0.3 is 5.69 Å². The summed E-state index contributed by atoms with van der Waals surface area (Å²) in [5.74, 6) is 0.925. The molecule has 8 heteroatoms. The molecule has 0 saturated heterocycles. The van der Waals surface area contributed by atoms with Crippen molar-refractivity contribution in [3.05, 3.63) is 63.5 Å². The largest absolute Gasteiger partial charge is 0.454 e. The predicted octanol–water partition coefficient (Wildman–Crippen LogP) is 2.16. The molecule has 1 aliphatic rings. The summed E-state index contributed by atoms with van der Waals surface area (Å²) < 4.78 is 10.6. The highest BCUT2D eigenvalue weighted by atomic mass is 32.1. The number of amides is 1. The second kappa shape index (κ2) is 6.40. The van der Waals surface area contributed by atoms with Crippen molar-refractivity contribution in [2.45, 2.75) is 6.54 Å². The van der Waals surface area contributed by atoms with Gasteiger partial charge in [-0.2, -0.15) is 4.98 Å². The summed E-state index contributed by atoms with van der Waals surface area (Å²) in [5.41, 5.74) is 0.955. The van der Waals surface area contributed by atoms with Gasteiger partial charge in [-0.1, -0.05) is 12.1 Å². The van der Waals surface area contributed by atoms with E-state index in [2.05, 4.69) is 15.3 Å². The van der Waals surface area contributed by atoms with Crippen LogP contribution in [0.25, 0.3) is 10.6 Å². The Bertz CT molecular complexity index is 982. The summed E-state index contributed by atoms with van der Waals surface area (Å²) in [6, 6.07) is 10.8. The first kappa shape index (κ1) is 15.4. The van der Waals surface area contributed by atoms with Crippen molar-refractivity contribution < 1.29 is 14.3 Å². The van der Waals surface area contributed by atoms with Crippen LogP contribution in [0.1, 0.15) is 16.1 Å². The number of fused-ring (bicyclic) bond motifs is 1. The fourth-order valence-corrected chi connectivity index (χ4v) is 3.16. The van der Waals surface area contributed by atoms with E-state index in [0.29, 0.717) is 17.2 Å². The Morgan fingerprint density at radius 1 is 1.24 bits per heavy atom. The van der Waals surface area contributed by atoms with Crippen LogP contribution in [-0.2, 0) is 6.54 Å². The molecule has 0 atom stereocenters. The number of carbonyl (C=O) groups excluding carboxylic acids is 1. The Balaban J connectivity index is 1.50. The molecule has 0 radical (unpaired) electrons. The summed E-state index contributed by atoms with van der Waals surface area (Å²) in [6.07, 6.45) is 0. The van der Waals surface area contributed by atoms with Gasteiger partial charge in [0.2, 0.25) is 6.79 Å². The quantitative estimate of drug-likeness (QED) is 0.748. The summed E-state index contributed by atoms with van der Waals surface area (Å²) in [6.45, 7) is 0.492. The van der Waals surface area contributed by atoms with Crippen molar-refractivity contribution in [3.63, 3.8) is 0 Å². The molecule has 126 valence electrons. The van der Waals surface area contributed by atoms with E-state index in [-0.39, 0.29) is 19.0 Å². The minimum absolute atomic E-state index is 0.0768. The van der Waals surface area contributed by atoms with Crippen LogP contribution in [0.2, 0.25) is 0 Å². The standard InChI is InChI=1S/C17H13N3O4S/c21-16(18-8-10-3-4-13-14(6-10)24-9-23-13)12-7-11(19-17(22)20-12)15-2-1-5-25-15/h1-7H,8-9H2,(H,18,21)(H,19,20,22). The number of thiophene rings is 1. The second-order valence-corrected chi connectivity index (χ2v) is 6.28. The van der Waals surface area contributed by atoms with Crippen LogP contribution in [0.4, 0.5) is 0 Å². The molecule has 3 aromatic rings. The zero-order chi connectivity index (χ0) is 17.2. The van der Waals surface area contributed by atoms with Crippen LogP contribution in [0.5, 0.6) is 11.5 Å². The van der Waals surface area contributed by atoms with E-state index in [9.17, 15) is 9.59 Å². The highest BCUT2D eigenvalue weighted by Gasteiger charge is 2.15. The van der Waals surface area contributed by atoms with Gasteiger partial charge in [0.1, 0.15) is 5.69 Å². The number of benzene rings is 1. The Hall–Kier alpha value is -3.13. The molecule has 4 rings (SSSR count). The van der Waals surface area contributed by atoms with Gasteiger partial charge in [0.25, 0.3) is 5.91 Å². The van der Waals surface area contributed by atoms with Crippen molar-refractivity contribution in [1.82, 2.24) is 15.3 Å². The third-order valence-electron chi connectivity index (χ3n) is 3.65. The van der Waals surface area contributed by atoms with Gasteiger partial charge in [0, 0.05) is 6.54 Å². The number of carbonyl (C=O) groups is 1. The van der Waals surface area contributed by atoms with Gasteiger partial charge in [-0.3, -0.25) is 4.79 Å². The average molecular weight is 355 g/mol. The molecule has 2 aromatic heterocycles. The Morgan fingerprint density at radius 3 is 2.96 bits per heavy atom. The lowest BCUT2D eigenvalue weighted by atomic mass is 10.2. The maximum absolute atomic E-state index is 12.3. The molecule has 0 spiro atoms. The normalized spacial score (nSPS) is 12.2. The number of ether oxygens (including phenoxy) is 2. The lowest BCUT2D eigenvalue weighted by Gasteiger charge is -2.06. The highest BCUT2D eigenvalue weighted by Crippen LogP contribution is 2.32. The van der Waals surface area contributed by atoms with E-state index in [1.807, 2.05) is 29.6 Å². The van der Waals surface area contributed by atoms with Gasteiger partial charge in [0.05, 0.1) is 10.6 Å². The Kier molecular flexibility index (Phi) is 3.95. The smallest absolute Gasteiger partial charge is 0.346 e. The molecule has 25 heavy (non-hydrogen) atoms. The molecule has 1 amide bonds. The number of hydrogen-bond acceptors (Lipinski definition) is 6. The van der Waals surface area contributed by atoms with Crippen molar-refractivity contribution in [2.24, 2.45) is 0 Å². The molecule has 0 bridgehead atoms. The van der Waals surface area contributed by atoms with Crippen LogP contribution < -0.4 is 20.5 Å². The molecule has 1 aliphatic heterocycles. The molecule has 0 unspecified atom stereocenters. The predicted molar refractivity (Wildman–Crippen MR) is 91.9 cm³/mol. The monoisotopic (exact) mass is 355 g/mol. The van der Waals surface area contributed by atoms with E-state index in [1.165, 1.54) is 11.3 Å². The number of nitrogens with one attached hydrogen (secondary N) is 2. The molecule has 0 aliphatic carbocycles. The Morgan fingerprint density at radius 2 is 2.12 bits per heavy atom. The van der Waals surface area contributed by atoms with Gasteiger partial charge in [-0.25, -0.2) is 4.79 Å². The third kappa shape index (κ3) is 3.24. The van der Waals surface area contributed by atoms with Crippen molar-refractivity contribution >= 4 is 17.2 Å². The van der Waals surface area contributed by atoms with E-state index in [1.54, 1.807) is 12.1 Å². The fraction of sp³-hybridized carbons (Fsp3) is 0.118. The minimum atomic E-state index is -0.556. The van der Waals surface area contributed by atoms with Crippen LogP contribution in [0.15, 0.2) is 46.6 Å². The van der Waals surface area contributed by atoms with Crippen molar-refractivity contribution in [2.75, 3.05) is 6.79 Å². The topological polar surface area (TPSA) is 93.3 Å². The molecule has 7 nitrogen and oxygen atoms in total. The van der Waals surface area contributed by atoms with E-state index in [0.717, 1.165) is 10.4 Å². The molecule has 0 saturated carbocycles. The van der Waals surface area contributed by atoms with Crippen LogP contribution >= 0.6 is 11.3 Å². The van der Waals surface area contributed by atoms with Crippen LogP contribution in [0.3, 0.4) is 0 Å². The zero-order valence-corrected chi connectivity index (χ0v) is 13.8. The van der Waals surface area contributed by atoms with Crippen molar-refractivity contribution in [1.29, 1.82) is 0 Å². The van der Waals surface area contributed by atoms with E-state index < -0.39 is 11.6 Å². The third-order valence-corrected chi connectivity index (χ3v) is 4.56. The summed E-state index contributed by atoms with van der Waals surface area (Å²) in [7, 11) is 0. The first-order valence-corrected chi connectivity index (χ1v) is 8.39. The molecule has 1 aromatic carbocycles. The highest BCUT2D eigenvalue weighted by molar-refractivity contribution is 7.13. The van der Waals surface area contributed by atoms with Crippen molar-refractivity contribution in [3.8, 4) is 22.1 Å². The first-order valence-electron chi connectivity index (χ1n) is 7.51. The Labute approximate surface area is 146 Å². The van der Waals surface area contributed by atoms with Gasteiger partial charge in [-0.05, 0) is 35.2 Å². The fourth-order valence-electron chi connectivity index (χ4n) is 2.46. The first-order chi connectivity index (χ1) is 12.2. The van der Waals surface area contributed by atoms with E-state index in [4.69, 9.17) is 9.47 Å². The number of aromatic amines is 1. The number of H-pyrrole nitrogens is 1. The SMILES string of the molecule is O=C(NCc1ccc2c(c1)OCO2)c1cc(-c2cccs2)[nH]c(=O)n1. The molecule has 2 N–H and O–H groups in total. The summed E-state index contributed by atoms with van der Waals surface area (Å²) >= 11 is 1.47. The number of rotatable bonds is 4. The molecular formula is C17H13N3O4S. The van der Waals surface area contributed by atoms with Gasteiger partial charge < -0.3 is 19.8 Å². The average Bonchev–Trinajstić information content (AvgIpc) is 3.30. The lowest BCUT2D eigenvalue weighted by molar-refractivity contribution is 0.0945. The van der Waals surface area contributed by atoms with Crippen LogP contribution in [-0.4, -0.2) is 22.7 Å².